The first-order valence-electron chi connectivity index (χ1n) is 5.77. The molecular formula is C15H8BrClO3. The fraction of sp³-hybridized carbons (Fsp3) is 0. The van der Waals surface area contributed by atoms with E-state index in [-0.39, 0.29) is 17.3 Å². The van der Waals surface area contributed by atoms with E-state index in [4.69, 9.17) is 16.0 Å². The highest BCUT2D eigenvalue weighted by atomic mass is 79.9. The molecule has 0 bridgehead atoms. The zero-order chi connectivity index (χ0) is 14.3. The van der Waals surface area contributed by atoms with Crippen LogP contribution in [0, 0.1) is 0 Å². The van der Waals surface area contributed by atoms with Crippen molar-refractivity contribution < 1.29 is 14.3 Å². The molecule has 0 saturated carbocycles. The standard InChI is InChI=1S/C15H8BrClO3/c16-9-3-1-8(2-4-9)13(18)15-14(19)11-7-10(17)5-6-12(11)20-15/h1-7,19H. The summed E-state index contributed by atoms with van der Waals surface area (Å²) in [5.74, 6) is -0.637. The maximum Gasteiger partial charge on any atom is 0.232 e. The van der Waals surface area contributed by atoms with Crippen molar-refractivity contribution in [2.75, 3.05) is 0 Å². The van der Waals surface area contributed by atoms with Crippen LogP contribution < -0.4 is 0 Å². The molecule has 0 aliphatic carbocycles. The van der Waals surface area contributed by atoms with Crippen molar-refractivity contribution in [2.24, 2.45) is 0 Å². The summed E-state index contributed by atoms with van der Waals surface area (Å²) in [5, 5.41) is 11.0. The van der Waals surface area contributed by atoms with Crippen molar-refractivity contribution >= 4 is 44.3 Å². The van der Waals surface area contributed by atoms with Crippen LogP contribution in [0.1, 0.15) is 16.1 Å². The van der Waals surface area contributed by atoms with Crippen LogP contribution in [0.5, 0.6) is 5.75 Å². The number of benzene rings is 2. The van der Waals surface area contributed by atoms with Gasteiger partial charge in [0.05, 0.1) is 5.39 Å². The van der Waals surface area contributed by atoms with Crippen LogP contribution in [-0.4, -0.2) is 10.9 Å². The van der Waals surface area contributed by atoms with E-state index < -0.39 is 0 Å². The van der Waals surface area contributed by atoms with Crippen molar-refractivity contribution in [2.45, 2.75) is 0 Å². The number of rotatable bonds is 2. The van der Waals surface area contributed by atoms with Gasteiger partial charge in [-0.1, -0.05) is 27.5 Å². The molecule has 0 aliphatic rings. The van der Waals surface area contributed by atoms with Gasteiger partial charge in [0.2, 0.25) is 11.5 Å². The van der Waals surface area contributed by atoms with Crippen molar-refractivity contribution in [1.82, 2.24) is 0 Å². The Morgan fingerprint density at radius 1 is 1.15 bits per heavy atom. The first-order valence-corrected chi connectivity index (χ1v) is 6.94. The molecule has 0 fully saturated rings. The molecule has 0 spiro atoms. The van der Waals surface area contributed by atoms with Gasteiger partial charge in [0.15, 0.2) is 5.75 Å². The van der Waals surface area contributed by atoms with Crippen LogP contribution >= 0.6 is 27.5 Å². The van der Waals surface area contributed by atoms with Crippen LogP contribution in [0.25, 0.3) is 11.0 Å². The Morgan fingerprint density at radius 3 is 2.55 bits per heavy atom. The van der Waals surface area contributed by atoms with Crippen molar-refractivity contribution in [3.8, 4) is 5.75 Å². The van der Waals surface area contributed by atoms with E-state index in [1.54, 1.807) is 42.5 Å². The molecule has 2 aromatic carbocycles. The molecule has 3 aromatic rings. The summed E-state index contributed by atoms with van der Waals surface area (Å²) >= 11 is 9.17. The molecule has 1 heterocycles. The van der Waals surface area contributed by atoms with E-state index >= 15 is 0 Å². The van der Waals surface area contributed by atoms with Gasteiger partial charge in [-0.05, 0) is 42.5 Å². The van der Waals surface area contributed by atoms with Gasteiger partial charge in [-0.15, -0.1) is 0 Å². The van der Waals surface area contributed by atoms with Gasteiger partial charge in [0, 0.05) is 15.1 Å². The Hall–Kier alpha value is -1.78. The van der Waals surface area contributed by atoms with E-state index in [1.807, 2.05) is 0 Å². The molecule has 3 nitrogen and oxygen atoms in total. The topological polar surface area (TPSA) is 50.4 Å². The number of fused-ring (bicyclic) bond motifs is 1. The van der Waals surface area contributed by atoms with E-state index in [1.165, 1.54) is 0 Å². The minimum atomic E-state index is -0.373. The summed E-state index contributed by atoms with van der Waals surface area (Å²) in [7, 11) is 0. The van der Waals surface area contributed by atoms with Gasteiger partial charge in [-0.3, -0.25) is 4.79 Å². The Morgan fingerprint density at radius 2 is 1.85 bits per heavy atom. The normalized spacial score (nSPS) is 10.9. The van der Waals surface area contributed by atoms with Crippen molar-refractivity contribution in [3.63, 3.8) is 0 Å². The number of carbonyl (C=O) groups excluding carboxylic acids is 1. The monoisotopic (exact) mass is 350 g/mol. The largest absolute Gasteiger partial charge is 0.504 e. The lowest BCUT2D eigenvalue weighted by Gasteiger charge is -1.98. The summed E-state index contributed by atoms with van der Waals surface area (Å²) in [5.41, 5.74) is 0.862. The lowest BCUT2D eigenvalue weighted by atomic mass is 10.1. The highest BCUT2D eigenvalue weighted by Gasteiger charge is 2.21. The number of hydrogen-bond donors (Lipinski definition) is 1. The van der Waals surface area contributed by atoms with Crippen LogP contribution in [0.3, 0.4) is 0 Å². The third-order valence-corrected chi connectivity index (χ3v) is 3.70. The quantitative estimate of drug-likeness (QED) is 0.676. The Labute approximate surface area is 127 Å². The van der Waals surface area contributed by atoms with Crippen molar-refractivity contribution in [1.29, 1.82) is 0 Å². The van der Waals surface area contributed by atoms with Gasteiger partial charge in [-0.2, -0.15) is 0 Å². The van der Waals surface area contributed by atoms with Gasteiger partial charge < -0.3 is 9.52 Å². The van der Waals surface area contributed by atoms with Crippen molar-refractivity contribution in [3.05, 3.63) is 63.3 Å². The molecule has 1 aromatic heterocycles. The first kappa shape index (κ1) is 13.2. The third-order valence-electron chi connectivity index (χ3n) is 2.94. The first-order chi connectivity index (χ1) is 9.56. The second kappa shape index (κ2) is 4.96. The summed E-state index contributed by atoms with van der Waals surface area (Å²) in [6.45, 7) is 0. The average Bonchev–Trinajstić information content (AvgIpc) is 2.76. The summed E-state index contributed by atoms with van der Waals surface area (Å²) in [6, 6.07) is 11.6. The predicted octanol–water partition coefficient (Wildman–Crippen LogP) is 4.79. The molecule has 0 aliphatic heterocycles. The number of hydrogen-bond acceptors (Lipinski definition) is 3. The Kier molecular flexibility index (Phi) is 3.28. The van der Waals surface area contributed by atoms with Gasteiger partial charge in [0.1, 0.15) is 5.58 Å². The van der Waals surface area contributed by atoms with Crippen LogP contribution in [0.2, 0.25) is 5.02 Å². The van der Waals surface area contributed by atoms with Gasteiger partial charge in [0.25, 0.3) is 0 Å². The fourth-order valence-corrected chi connectivity index (χ4v) is 2.38. The summed E-state index contributed by atoms with van der Waals surface area (Å²) < 4.78 is 6.30. The molecule has 1 N–H and O–H groups in total. The zero-order valence-corrected chi connectivity index (χ0v) is 12.4. The zero-order valence-electron chi connectivity index (χ0n) is 10.1. The molecule has 20 heavy (non-hydrogen) atoms. The fourth-order valence-electron chi connectivity index (χ4n) is 1.94. The predicted molar refractivity (Wildman–Crippen MR) is 80.5 cm³/mol. The average molecular weight is 352 g/mol. The van der Waals surface area contributed by atoms with Gasteiger partial charge >= 0.3 is 0 Å². The summed E-state index contributed by atoms with van der Waals surface area (Å²) in [4.78, 5) is 12.3. The number of ketones is 1. The number of halogens is 2. The number of carbonyl (C=O) groups is 1. The van der Waals surface area contributed by atoms with E-state index in [0.717, 1.165) is 4.47 Å². The maximum absolute atomic E-state index is 12.3. The van der Waals surface area contributed by atoms with E-state index in [0.29, 0.717) is 21.6 Å². The third kappa shape index (κ3) is 2.21. The van der Waals surface area contributed by atoms with E-state index in [9.17, 15) is 9.90 Å². The SMILES string of the molecule is O=C(c1ccc(Br)cc1)c1oc2ccc(Cl)cc2c1O. The van der Waals surface area contributed by atoms with Gasteiger partial charge in [-0.25, -0.2) is 0 Å². The highest BCUT2D eigenvalue weighted by molar-refractivity contribution is 9.10. The smallest absolute Gasteiger partial charge is 0.232 e. The Bertz CT molecular complexity index is 806. The second-order valence-corrected chi connectivity index (χ2v) is 5.61. The minimum Gasteiger partial charge on any atom is -0.504 e. The molecule has 100 valence electrons. The summed E-state index contributed by atoms with van der Waals surface area (Å²) in [6.07, 6.45) is 0. The molecule has 0 amide bonds. The second-order valence-electron chi connectivity index (χ2n) is 4.26. The molecule has 5 heteroatoms. The maximum atomic E-state index is 12.3. The lowest BCUT2D eigenvalue weighted by Crippen LogP contribution is -1.99. The van der Waals surface area contributed by atoms with Crippen LogP contribution in [-0.2, 0) is 0 Å². The number of furan rings is 1. The molecule has 0 atom stereocenters. The number of aromatic hydroxyl groups is 1. The molecule has 0 saturated heterocycles. The Balaban J connectivity index is 2.12. The molecule has 3 rings (SSSR count). The lowest BCUT2D eigenvalue weighted by molar-refractivity contribution is 0.101. The highest BCUT2D eigenvalue weighted by Crippen LogP contribution is 2.35. The van der Waals surface area contributed by atoms with Crippen LogP contribution in [0.15, 0.2) is 51.4 Å². The minimum absolute atomic E-state index is 0.0791. The molecular weight excluding hydrogens is 344 g/mol. The van der Waals surface area contributed by atoms with E-state index in [2.05, 4.69) is 15.9 Å². The molecule has 0 unspecified atom stereocenters. The van der Waals surface area contributed by atoms with Crippen LogP contribution in [0.4, 0.5) is 0 Å². The molecule has 0 radical (unpaired) electrons.